The fraction of sp³-hybridized carbons (Fsp3) is 0.304. The molecule has 1 saturated heterocycles. The van der Waals surface area contributed by atoms with Crippen LogP contribution in [0.25, 0.3) is 28.0 Å². The van der Waals surface area contributed by atoms with Gasteiger partial charge in [0.25, 0.3) is 0 Å². The van der Waals surface area contributed by atoms with Gasteiger partial charge in [0.05, 0.1) is 30.5 Å². The van der Waals surface area contributed by atoms with Gasteiger partial charge in [0.2, 0.25) is 5.95 Å². The molecule has 3 N–H and O–H groups in total. The van der Waals surface area contributed by atoms with Crippen LogP contribution in [-0.2, 0) is 11.3 Å². The number of nitrogens with two attached hydrogens (primary N) is 1. The highest BCUT2D eigenvalue weighted by Crippen LogP contribution is 2.34. The number of ether oxygens (including phenoxy) is 1. The van der Waals surface area contributed by atoms with Crippen molar-refractivity contribution in [3.8, 4) is 22.4 Å². The Kier molecular flexibility index (Phi) is 5.20. The number of pyridine rings is 1. The SMILES string of the molecule is Cc1cc(-c2c(-c3ccccc3)nc(N)n3c(=O)n(C[C@@H]4CNCCO4)nc23)cc(C)n1. The summed E-state index contributed by atoms with van der Waals surface area (Å²) in [4.78, 5) is 22.4. The number of nitrogens with zero attached hydrogens (tertiary/aromatic N) is 5. The van der Waals surface area contributed by atoms with Crippen molar-refractivity contribution < 1.29 is 4.74 Å². The standard InChI is InChI=1S/C23H25N7O2/c1-14-10-17(11-15(2)26-14)19-20(16-6-4-3-5-7-16)27-22(24)30-21(19)28-29(23(30)31)13-18-12-25-8-9-32-18/h3-7,10-11,18,25H,8-9,12-13H2,1-2H3,(H2,24,27)/t18-/m0/s1. The van der Waals surface area contributed by atoms with Crippen LogP contribution in [0.5, 0.6) is 0 Å². The summed E-state index contributed by atoms with van der Waals surface area (Å²) in [5.74, 6) is 0.101. The zero-order valence-corrected chi connectivity index (χ0v) is 18.1. The van der Waals surface area contributed by atoms with Crippen molar-refractivity contribution in [2.75, 3.05) is 25.4 Å². The minimum absolute atomic E-state index is 0.101. The van der Waals surface area contributed by atoms with E-state index in [4.69, 9.17) is 15.6 Å². The zero-order valence-electron chi connectivity index (χ0n) is 18.1. The van der Waals surface area contributed by atoms with Gasteiger partial charge in [-0.25, -0.2) is 18.9 Å². The fourth-order valence-electron chi connectivity index (χ4n) is 4.20. The number of hydrogen-bond donors (Lipinski definition) is 2. The second kappa shape index (κ2) is 8.18. The third kappa shape index (κ3) is 3.65. The molecule has 3 aromatic heterocycles. The van der Waals surface area contributed by atoms with Crippen molar-refractivity contribution in [2.24, 2.45) is 0 Å². The Morgan fingerprint density at radius 2 is 1.88 bits per heavy atom. The molecule has 5 rings (SSSR count). The van der Waals surface area contributed by atoms with E-state index in [0.717, 1.165) is 34.6 Å². The van der Waals surface area contributed by atoms with Crippen molar-refractivity contribution >= 4 is 11.6 Å². The maximum absolute atomic E-state index is 13.2. The number of fused-ring (bicyclic) bond motifs is 1. The summed E-state index contributed by atoms with van der Waals surface area (Å²) in [5.41, 5.74) is 11.4. The van der Waals surface area contributed by atoms with Crippen LogP contribution >= 0.6 is 0 Å². The Balaban J connectivity index is 1.77. The number of morpholine rings is 1. The number of hydrogen-bond acceptors (Lipinski definition) is 7. The van der Waals surface area contributed by atoms with E-state index in [2.05, 4.69) is 15.3 Å². The Morgan fingerprint density at radius 3 is 2.56 bits per heavy atom. The van der Waals surface area contributed by atoms with E-state index in [1.54, 1.807) is 0 Å². The maximum atomic E-state index is 13.2. The van der Waals surface area contributed by atoms with Crippen LogP contribution in [0.2, 0.25) is 0 Å². The molecule has 32 heavy (non-hydrogen) atoms. The van der Waals surface area contributed by atoms with Gasteiger partial charge in [-0.3, -0.25) is 4.98 Å². The molecule has 0 unspecified atom stereocenters. The van der Waals surface area contributed by atoms with Gasteiger partial charge in [-0.15, -0.1) is 5.10 Å². The highest BCUT2D eigenvalue weighted by molar-refractivity contribution is 5.90. The predicted molar refractivity (Wildman–Crippen MR) is 122 cm³/mol. The molecule has 9 heteroatoms. The van der Waals surface area contributed by atoms with Gasteiger partial charge in [-0.1, -0.05) is 30.3 Å². The molecule has 9 nitrogen and oxygen atoms in total. The van der Waals surface area contributed by atoms with Gasteiger partial charge in [0.15, 0.2) is 5.65 Å². The molecule has 1 aliphatic heterocycles. The van der Waals surface area contributed by atoms with Crippen molar-refractivity contribution in [3.05, 3.63) is 64.3 Å². The summed E-state index contributed by atoms with van der Waals surface area (Å²) in [6, 6.07) is 13.7. The summed E-state index contributed by atoms with van der Waals surface area (Å²) in [6.45, 7) is 6.30. The van der Waals surface area contributed by atoms with Gasteiger partial charge < -0.3 is 15.8 Å². The normalized spacial score (nSPS) is 16.5. The van der Waals surface area contributed by atoms with E-state index < -0.39 is 0 Å². The van der Waals surface area contributed by atoms with Crippen LogP contribution in [0.1, 0.15) is 11.4 Å². The number of nitrogen functional groups attached to an aromatic ring is 1. The van der Waals surface area contributed by atoms with E-state index in [-0.39, 0.29) is 17.7 Å². The van der Waals surface area contributed by atoms with Crippen molar-refractivity contribution in [3.63, 3.8) is 0 Å². The Labute approximate surface area is 184 Å². The molecule has 0 radical (unpaired) electrons. The monoisotopic (exact) mass is 431 g/mol. The number of benzene rings is 1. The summed E-state index contributed by atoms with van der Waals surface area (Å²) in [7, 11) is 0. The van der Waals surface area contributed by atoms with Crippen LogP contribution in [0.15, 0.2) is 47.3 Å². The summed E-state index contributed by atoms with van der Waals surface area (Å²) in [6.07, 6.45) is -0.136. The van der Waals surface area contributed by atoms with Crippen molar-refractivity contribution in [1.29, 1.82) is 0 Å². The number of aromatic nitrogens is 5. The molecule has 4 aromatic rings. The third-order valence-electron chi connectivity index (χ3n) is 5.55. The lowest BCUT2D eigenvalue weighted by Crippen LogP contribution is -2.42. The minimum Gasteiger partial charge on any atom is -0.374 e. The fourth-order valence-corrected chi connectivity index (χ4v) is 4.20. The van der Waals surface area contributed by atoms with Gasteiger partial charge in [-0.05, 0) is 31.5 Å². The number of rotatable bonds is 4. The lowest BCUT2D eigenvalue weighted by Gasteiger charge is -2.22. The first-order valence-corrected chi connectivity index (χ1v) is 10.6. The molecule has 1 aromatic carbocycles. The van der Waals surface area contributed by atoms with Crippen molar-refractivity contribution in [1.82, 2.24) is 29.5 Å². The van der Waals surface area contributed by atoms with E-state index in [1.165, 1.54) is 9.08 Å². The molecule has 0 spiro atoms. The first-order chi connectivity index (χ1) is 15.5. The smallest absolute Gasteiger partial charge is 0.353 e. The first kappa shape index (κ1) is 20.3. The van der Waals surface area contributed by atoms with Gasteiger partial charge in [0, 0.05) is 30.0 Å². The van der Waals surface area contributed by atoms with Gasteiger partial charge >= 0.3 is 5.69 Å². The lowest BCUT2D eigenvalue weighted by molar-refractivity contribution is 0.0155. The average molecular weight is 432 g/mol. The molecule has 1 aliphatic rings. The van der Waals surface area contributed by atoms with Crippen molar-refractivity contribution in [2.45, 2.75) is 26.5 Å². The third-order valence-corrected chi connectivity index (χ3v) is 5.55. The molecule has 0 amide bonds. The Hall–Kier alpha value is -3.56. The maximum Gasteiger partial charge on any atom is 0.353 e. The summed E-state index contributed by atoms with van der Waals surface area (Å²) in [5, 5.41) is 7.99. The van der Waals surface area contributed by atoms with Gasteiger partial charge in [0.1, 0.15) is 0 Å². The molecule has 4 heterocycles. The molecule has 1 fully saturated rings. The summed E-state index contributed by atoms with van der Waals surface area (Å²) < 4.78 is 8.57. The van der Waals surface area contributed by atoms with E-state index in [0.29, 0.717) is 31.0 Å². The molecule has 0 aliphatic carbocycles. The number of nitrogens with one attached hydrogen (secondary N) is 1. The Morgan fingerprint density at radius 1 is 1.12 bits per heavy atom. The number of anilines is 1. The predicted octanol–water partition coefficient (Wildman–Crippen LogP) is 1.81. The molecule has 1 atom stereocenters. The second-order valence-corrected chi connectivity index (χ2v) is 8.02. The molecular formula is C23H25N7O2. The molecular weight excluding hydrogens is 406 g/mol. The average Bonchev–Trinajstić information content (AvgIpc) is 3.10. The highest BCUT2D eigenvalue weighted by atomic mass is 16.5. The number of aryl methyl sites for hydroxylation is 2. The lowest BCUT2D eigenvalue weighted by atomic mass is 9.99. The highest BCUT2D eigenvalue weighted by Gasteiger charge is 2.23. The van der Waals surface area contributed by atoms with E-state index >= 15 is 0 Å². The van der Waals surface area contributed by atoms with E-state index in [9.17, 15) is 4.79 Å². The quantitative estimate of drug-likeness (QED) is 0.507. The minimum atomic E-state index is -0.331. The van der Waals surface area contributed by atoms with Crippen LogP contribution in [-0.4, -0.2) is 49.9 Å². The molecule has 0 bridgehead atoms. The van der Waals surface area contributed by atoms with Crippen LogP contribution < -0.4 is 16.7 Å². The first-order valence-electron chi connectivity index (χ1n) is 10.6. The molecule has 164 valence electrons. The summed E-state index contributed by atoms with van der Waals surface area (Å²) >= 11 is 0. The van der Waals surface area contributed by atoms with Crippen LogP contribution in [0.3, 0.4) is 0 Å². The Bertz CT molecular complexity index is 1320. The second-order valence-electron chi connectivity index (χ2n) is 8.02. The topological polar surface area (TPSA) is 112 Å². The van der Waals surface area contributed by atoms with Crippen LogP contribution in [0.4, 0.5) is 5.95 Å². The largest absolute Gasteiger partial charge is 0.374 e. The van der Waals surface area contributed by atoms with Crippen LogP contribution in [0, 0.1) is 13.8 Å². The van der Waals surface area contributed by atoms with E-state index in [1.807, 2.05) is 56.3 Å². The zero-order chi connectivity index (χ0) is 22.2. The van der Waals surface area contributed by atoms with Gasteiger partial charge in [-0.2, -0.15) is 0 Å². The molecule has 0 saturated carbocycles.